The molecule has 0 bridgehead atoms. The molecule has 142 valence electrons. The summed E-state index contributed by atoms with van der Waals surface area (Å²) in [6.07, 6.45) is 2.49. The number of aromatic nitrogens is 2. The molecule has 1 spiro atoms. The molecule has 27 heavy (non-hydrogen) atoms. The number of amides is 2. The summed E-state index contributed by atoms with van der Waals surface area (Å²) in [4.78, 5) is 41.7. The van der Waals surface area contributed by atoms with Gasteiger partial charge in [-0.2, -0.15) is 5.10 Å². The molecule has 1 unspecified atom stereocenters. The van der Waals surface area contributed by atoms with E-state index in [2.05, 4.69) is 5.10 Å². The molecule has 0 radical (unpaired) electrons. The first kappa shape index (κ1) is 17.7. The van der Waals surface area contributed by atoms with Crippen molar-refractivity contribution in [3.63, 3.8) is 0 Å². The minimum atomic E-state index is -0.444. The van der Waals surface area contributed by atoms with E-state index in [1.165, 1.54) is 4.68 Å². The SMILES string of the molecule is Cc1nn(CC(=O)N2CCC3(CCCN(C)C3=O)C2)c(=O)c2ccccc12. The summed E-state index contributed by atoms with van der Waals surface area (Å²) < 4.78 is 1.25. The molecule has 7 nitrogen and oxygen atoms in total. The Hall–Kier alpha value is -2.70. The van der Waals surface area contributed by atoms with Crippen LogP contribution in [-0.4, -0.2) is 58.1 Å². The van der Waals surface area contributed by atoms with E-state index in [1.54, 1.807) is 15.9 Å². The Morgan fingerprint density at radius 3 is 2.67 bits per heavy atom. The predicted octanol–water partition coefficient (Wildman–Crippen LogP) is 1.18. The Balaban J connectivity index is 1.55. The Bertz CT molecular complexity index is 983. The van der Waals surface area contributed by atoms with Gasteiger partial charge in [0, 0.05) is 32.1 Å². The molecule has 0 saturated carbocycles. The maximum atomic E-state index is 12.8. The predicted molar refractivity (Wildman–Crippen MR) is 101 cm³/mol. The van der Waals surface area contributed by atoms with E-state index in [0.717, 1.165) is 30.5 Å². The van der Waals surface area contributed by atoms with Crippen LogP contribution in [0.4, 0.5) is 0 Å². The van der Waals surface area contributed by atoms with Crippen LogP contribution in [0.2, 0.25) is 0 Å². The van der Waals surface area contributed by atoms with Gasteiger partial charge in [0.2, 0.25) is 11.8 Å². The fraction of sp³-hybridized carbons (Fsp3) is 0.500. The molecule has 3 heterocycles. The minimum absolute atomic E-state index is 0.0926. The quantitative estimate of drug-likeness (QED) is 0.798. The average Bonchev–Trinajstić information content (AvgIpc) is 3.09. The van der Waals surface area contributed by atoms with Crippen LogP contribution in [-0.2, 0) is 16.1 Å². The van der Waals surface area contributed by atoms with Crippen LogP contribution in [0.15, 0.2) is 29.1 Å². The van der Waals surface area contributed by atoms with Crippen molar-refractivity contribution in [2.75, 3.05) is 26.7 Å². The molecule has 4 rings (SSSR count). The lowest BCUT2D eigenvalue weighted by Gasteiger charge is -2.37. The number of carbonyl (C=O) groups excluding carboxylic acids is 2. The second-order valence-corrected chi connectivity index (χ2v) is 7.77. The third-order valence-electron chi connectivity index (χ3n) is 5.99. The topological polar surface area (TPSA) is 75.5 Å². The van der Waals surface area contributed by atoms with Crippen molar-refractivity contribution >= 4 is 22.6 Å². The molecule has 0 N–H and O–H groups in total. The molecule has 0 aliphatic carbocycles. The number of aryl methyl sites for hydroxylation is 1. The van der Waals surface area contributed by atoms with Crippen LogP contribution in [0.25, 0.3) is 10.8 Å². The van der Waals surface area contributed by atoms with Crippen molar-refractivity contribution in [1.82, 2.24) is 19.6 Å². The van der Waals surface area contributed by atoms with E-state index in [1.807, 2.05) is 32.2 Å². The first-order valence-electron chi connectivity index (χ1n) is 9.41. The van der Waals surface area contributed by atoms with Gasteiger partial charge >= 0.3 is 0 Å². The lowest BCUT2D eigenvalue weighted by molar-refractivity contribution is -0.144. The molecule has 2 aromatic rings. The Labute approximate surface area is 157 Å². The van der Waals surface area contributed by atoms with Crippen LogP contribution in [0.1, 0.15) is 25.0 Å². The Morgan fingerprint density at radius 2 is 1.89 bits per heavy atom. The Morgan fingerprint density at radius 1 is 1.15 bits per heavy atom. The summed E-state index contributed by atoms with van der Waals surface area (Å²) in [5, 5.41) is 5.70. The number of rotatable bonds is 2. The number of hydrogen-bond donors (Lipinski definition) is 0. The van der Waals surface area contributed by atoms with Gasteiger partial charge < -0.3 is 9.80 Å². The van der Waals surface area contributed by atoms with Gasteiger partial charge in [0.1, 0.15) is 6.54 Å². The van der Waals surface area contributed by atoms with Gasteiger partial charge in [-0.25, -0.2) is 4.68 Å². The lowest BCUT2D eigenvalue weighted by Crippen LogP contribution is -2.49. The molecule has 2 amide bonds. The summed E-state index contributed by atoms with van der Waals surface area (Å²) in [7, 11) is 1.83. The zero-order valence-electron chi connectivity index (χ0n) is 15.8. The highest BCUT2D eigenvalue weighted by Crippen LogP contribution is 2.39. The van der Waals surface area contributed by atoms with E-state index >= 15 is 0 Å². The van der Waals surface area contributed by atoms with Gasteiger partial charge in [0.05, 0.1) is 16.5 Å². The van der Waals surface area contributed by atoms with Gasteiger partial charge in [0.25, 0.3) is 5.56 Å². The number of nitrogens with zero attached hydrogens (tertiary/aromatic N) is 4. The zero-order valence-corrected chi connectivity index (χ0v) is 15.8. The molecule has 2 aliphatic rings. The summed E-state index contributed by atoms with van der Waals surface area (Å²) in [6.45, 7) is 3.52. The van der Waals surface area contributed by atoms with Crippen LogP contribution >= 0.6 is 0 Å². The average molecular weight is 368 g/mol. The van der Waals surface area contributed by atoms with E-state index in [0.29, 0.717) is 24.9 Å². The van der Waals surface area contributed by atoms with Crippen LogP contribution < -0.4 is 5.56 Å². The Kier molecular flexibility index (Phi) is 4.25. The third-order valence-corrected chi connectivity index (χ3v) is 5.99. The van der Waals surface area contributed by atoms with Crippen molar-refractivity contribution in [2.45, 2.75) is 32.7 Å². The van der Waals surface area contributed by atoms with Crippen LogP contribution in [0.3, 0.4) is 0 Å². The first-order chi connectivity index (χ1) is 12.9. The highest BCUT2D eigenvalue weighted by molar-refractivity contribution is 5.86. The molecule has 2 aliphatic heterocycles. The van der Waals surface area contributed by atoms with Crippen molar-refractivity contribution in [3.8, 4) is 0 Å². The zero-order chi connectivity index (χ0) is 19.2. The number of fused-ring (bicyclic) bond motifs is 1. The van der Waals surface area contributed by atoms with E-state index in [4.69, 9.17) is 0 Å². The van der Waals surface area contributed by atoms with Gasteiger partial charge in [-0.3, -0.25) is 14.4 Å². The monoisotopic (exact) mass is 368 g/mol. The largest absolute Gasteiger partial charge is 0.345 e. The molecule has 7 heteroatoms. The third kappa shape index (κ3) is 2.91. The highest BCUT2D eigenvalue weighted by atomic mass is 16.2. The van der Waals surface area contributed by atoms with Gasteiger partial charge in [-0.15, -0.1) is 0 Å². The molecular weight excluding hydrogens is 344 g/mol. The van der Waals surface area contributed by atoms with Crippen molar-refractivity contribution in [1.29, 1.82) is 0 Å². The first-order valence-corrected chi connectivity index (χ1v) is 9.41. The maximum Gasteiger partial charge on any atom is 0.275 e. The molecule has 1 aromatic heterocycles. The molecular formula is C20H24N4O3. The van der Waals surface area contributed by atoms with Crippen LogP contribution in [0.5, 0.6) is 0 Å². The van der Waals surface area contributed by atoms with Crippen LogP contribution in [0, 0.1) is 12.3 Å². The fourth-order valence-corrected chi connectivity index (χ4v) is 4.47. The second kappa shape index (κ2) is 6.48. The number of benzene rings is 1. The van der Waals surface area contributed by atoms with E-state index in [9.17, 15) is 14.4 Å². The minimum Gasteiger partial charge on any atom is -0.345 e. The van der Waals surface area contributed by atoms with Crippen molar-refractivity contribution < 1.29 is 9.59 Å². The maximum absolute atomic E-state index is 12.8. The summed E-state index contributed by atoms with van der Waals surface area (Å²) in [6, 6.07) is 7.30. The van der Waals surface area contributed by atoms with Gasteiger partial charge in [0.15, 0.2) is 0 Å². The fourth-order valence-electron chi connectivity index (χ4n) is 4.47. The lowest BCUT2D eigenvalue weighted by atomic mass is 9.78. The van der Waals surface area contributed by atoms with E-state index < -0.39 is 5.41 Å². The molecule has 1 aromatic carbocycles. The summed E-state index contributed by atoms with van der Waals surface area (Å²) >= 11 is 0. The second-order valence-electron chi connectivity index (χ2n) is 7.77. The summed E-state index contributed by atoms with van der Waals surface area (Å²) in [5.74, 6) is -0.0157. The van der Waals surface area contributed by atoms with Gasteiger partial charge in [-0.1, -0.05) is 18.2 Å². The molecule has 1 atom stereocenters. The van der Waals surface area contributed by atoms with E-state index in [-0.39, 0.29) is 23.9 Å². The molecule has 2 saturated heterocycles. The number of likely N-dealkylation sites (tertiary alicyclic amines) is 2. The van der Waals surface area contributed by atoms with Gasteiger partial charge in [-0.05, 0) is 32.3 Å². The number of piperidine rings is 1. The smallest absolute Gasteiger partial charge is 0.275 e. The van der Waals surface area contributed by atoms with Crippen molar-refractivity contribution in [2.24, 2.45) is 5.41 Å². The summed E-state index contributed by atoms with van der Waals surface area (Å²) in [5.41, 5.74) is 0.0206. The molecule has 2 fully saturated rings. The standard InChI is InChI=1S/C20H24N4O3/c1-14-15-6-3-4-7-16(15)18(26)24(21-14)12-17(25)23-11-9-20(13-23)8-5-10-22(2)19(20)27/h3-4,6-7H,5,8-13H2,1-2H3. The number of hydrogen-bond acceptors (Lipinski definition) is 4. The highest BCUT2D eigenvalue weighted by Gasteiger charge is 2.48. The normalized spacial score (nSPS) is 22.8. The number of carbonyl (C=O) groups is 2. The van der Waals surface area contributed by atoms with Crippen molar-refractivity contribution in [3.05, 3.63) is 40.3 Å².